The van der Waals surface area contributed by atoms with E-state index < -0.39 is 0 Å². The largest absolute Gasteiger partial charge is 0.229 e. The Bertz CT molecular complexity index is 412. The van der Waals surface area contributed by atoms with Crippen molar-refractivity contribution >= 4 is 0 Å². The van der Waals surface area contributed by atoms with Gasteiger partial charge in [0.25, 0.3) is 0 Å². The highest BCUT2D eigenvalue weighted by molar-refractivity contribution is 5.28. The van der Waals surface area contributed by atoms with E-state index in [1.165, 1.54) is 0 Å². The van der Waals surface area contributed by atoms with E-state index >= 15 is 0 Å². The summed E-state index contributed by atoms with van der Waals surface area (Å²) >= 11 is 0. The lowest BCUT2D eigenvalue weighted by Gasteiger charge is -1.85. The monoisotopic (exact) mass is 182 g/mol. The summed E-state index contributed by atoms with van der Waals surface area (Å²) < 4.78 is 0. The highest BCUT2D eigenvalue weighted by atomic mass is 14.9. The van der Waals surface area contributed by atoms with Gasteiger partial charge >= 0.3 is 0 Å². The molecule has 14 heavy (non-hydrogen) atoms. The van der Waals surface area contributed by atoms with Crippen LogP contribution in [0.15, 0.2) is 36.9 Å². The van der Waals surface area contributed by atoms with Crippen molar-refractivity contribution in [3.63, 3.8) is 0 Å². The molecular formula is C10H6N4. The van der Waals surface area contributed by atoms with Crippen molar-refractivity contribution in [1.82, 2.24) is 19.9 Å². The first-order chi connectivity index (χ1) is 6.95. The van der Waals surface area contributed by atoms with Crippen molar-refractivity contribution in [2.24, 2.45) is 0 Å². The first kappa shape index (κ1) is 8.32. The smallest absolute Gasteiger partial charge is 0.205 e. The zero-order valence-corrected chi connectivity index (χ0v) is 7.25. The first-order valence-electron chi connectivity index (χ1n) is 4.01. The molecule has 66 valence electrons. The summed E-state index contributed by atoms with van der Waals surface area (Å²) in [5.74, 6) is 6.47. The molecule has 4 nitrogen and oxygen atoms in total. The maximum absolute atomic E-state index is 3.95. The molecule has 0 bridgehead atoms. The molecule has 2 aromatic heterocycles. The predicted octanol–water partition coefficient (Wildman–Crippen LogP) is 0.666. The Morgan fingerprint density at radius 3 is 1.36 bits per heavy atom. The molecule has 0 unspecified atom stereocenters. The van der Waals surface area contributed by atoms with E-state index in [-0.39, 0.29) is 0 Å². The fourth-order valence-corrected chi connectivity index (χ4v) is 0.839. The molecule has 0 N–H and O–H groups in total. The second-order valence-corrected chi connectivity index (χ2v) is 2.39. The van der Waals surface area contributed by atoms with Gasteiger partial charge in [0.05, 0.1) is 0 Å². The van der Waals surface area contributed by atoms with Crippen LogP contribution in [-0.4, -0.2) is 19.9 Å². The Balaban J connectivity index is 2.24. The van der Waals surface area contributed by atoms with Gasteiger partial charge in [0.2, 0.25) is 11.6 Å². The number of nitrogens with zero attached hydrogens (tertiary/aromatic N) is 4. The van der Waals surface area contributed by atoms with Crippen LogP contribution in [0.5, 0.6) is 0 Å². The topological polar surface area (TPSA) is 51.6 Å². The zero-order chi connectivity index (χ0) is 9.64. The number of rotatable bonds is 0. The maximum atomic E-state index is 3.95. The lowest BCUT2D eigenvalue weighted by atomic mass is 10.5. The van der Waals surface area contributed by atoms with Crippen molar-refractivity contribution in [1.29, 1.82) is 0 Å². The van der Waals surface area contributed by atoms with Crippen LogP contribution in [0.25, 0.3) is 0 Å². The van der Waals surface area contributed by atoms with E-state index in [2.05, 4.69) is 31.8 Å². The molecule has 4 heteroatoms. The molecule has 0 saturated heterocycles. The quantitative estimate of drug-likeness (QED) is 0.562. The van der Waals surface area contributed by atoms with Crippen molar-refractivity contribution in [3.8, 4) is 11.8 Å². The van der Waals surface area contributed by atoms with Crippen molar-refractivity contribution in [2.75, 3.05) is 0 Å². The van der Waals surface area contributed by atoms with E-state index in [0.717, 1.165) is 0 Å². The van der Waals surface area contributed by atoms with Gasteiger partial charge in [0.1, 0.15) is 0 Å². The number of hydrogen-bond acceptors (Lipinski definition) is 4. The third-order valence-corrected chi connectivity index (χ3v) is 1.42. The third kappa shape index (κ3) is 2.11. The fraction of sp³-hybridized carbons (Fsp3) is 0. The normalized spacial score (nSPS) is 8.86. The summed E-state index contributed by atoms with van der Waals surface area (Å²) in [4.78, 5) is 15.8. The number of hydrogen-bond donors (Lipinski definition) is 0. The predicted molar refractivity (Wildman–Crippen MR) is 50.0 cm³/mol. The van der Waals surface area contributed by atoms with Gasteiger partial charge in [-0.3, -0.25) is 0 Å². The molecule has 0 aromatic carbocycles. The van der Waals surface area contributed by atoms with Gasteiger partial charge in [-0.1, -0.05) is 0 Å². The van der Waals surface area contributed by atoms with Gasteiger partial charge in [-0.25, -0.2) is 19.9 Å². The van der Waals surface area contributed by atoms with Crippen LogP contribution in [0.3, 0.4) is 0 Å². The van der Waals surface area contributed by atoms with Crippen LogP contribution in [0, 0.1) is 11.8 Å². The zero-order valence-electron chi connectivity index (χ0n) is 7.25. The van der Waals surface area contributed by atoms with Crippen LogP contribution >= 0.6 is 0 Å². The van der Waals surface area contributed by atoms with Gasteiger partial charge in [-0.05, 0) is 24.0 Å². The Hall–Kier alpha value is -2.28. The van der Waals surface area contributed by atoms with Crippen LogP contribution in [0.1, 0.15) is 11.6 Å². The minimum Gasteiger partial charge on any atom is -0.229 e. The Morgan fingerprint density at radius 2 is 1.00 bits per heavy atom. The number of aromatic nitrogens is 4. The van der Waals surface area contributed by atoms with Crippen LogP contribution in [0.2, 0.25) is 0 Å². The van der Waals surface area contributed by atoms with Gasteiger partial charge in [-0.2, -0.15) is 0 Å². The summed E-state index contributed by atoms with van der Waals surface area (Å²) in [6.07, 6.45) is 6.57. The molecule has 0 fully saturated rings. The molecule has 0 spiro atoms. The highest BCUT2D eigenvalue weighted by Gasteiger charge is 1.87. The van der Waals surface area contributed by atoms with Gasteiger partial charge in [0, 0.05) is 24.8 Å². The summed E-state index contributed by atoms with van der Waals surface area (Å²) in [5, 5.41) is 0. The molecule has 0 aliphatic rings. The average Bonchev–Trinajstić information content (AvgIpc) is 2.29. The van der Waals surface area contributed by atoms with Gasteiger partial charge in [0.15, 0.2) is 0 Å². The van der Waals surface area contributed by atoms with Crippen molar-refractivity contribution in [3.05, 3.63) is 48.6 Å². The summed E-state index contributed by atoms with van der Waals surface area (Å²) in [6, 6.07) is 3.48. The Labute approximate surface area is 81.1 Å². The lowest BCUT2D eigenvalue weighted by molar-refractivity contribution is 1.11. The molecule has 0 radical (unpaired) electrons. The standard InChI is InChI=1S/C10H6N4/c1-5-11-9(12-6-1)3-4-10-13-7-2-8-14-10/h1-2,5-8H. The van der Waals surface area contributed by atoms with E-state index in [4.69, 9.17) is 0 Å². The van der Waals surface area contributed by atoms with Crippen LogP contribution in [-0.2, 0) is 0 Å². The van der Waals surface area contributed by atoms with E-state index in [9.17, 15) is 0 Å². The third-order valence-electron chi connectivity index (χ3n) is 1.42. The first-order valence-corrected chi connectivity index (χ1v) is 4.01. The molecule has 0 aliphatic heterocycles. The summed E-state index contributed by atoms with van der Waals surface area (Å²) in [6.45, 7) is 0. The molecule has 0 aliphatic carbocycles. The lowest BCUT2D eigenvalue weighted by Crippen LogP contribution is -1.88. The Morgan fingerprint density at radius 1 is 0.643 bits per heavy atom. The molecule has 2 rings (SSSR count). The minimum absolute atomic E-state index is 0.472. The highest BCUT2D eigenvalue weighted by Crippen LogP contribution is 1.86. The molecule has 2 aromatic rings. The molecule has 0 atom stereocenters. The minimum atomic E-state index is 0.472. The van der Waals surface area contributed by atoms with Crippen molar-refractivity contribution < 1.29 is 0 Å². The average molecular weight is 182 g/mol. The van der Waals surface area contributed by atoms with Crippen molar-refractivity contribution in [2.45, 2.75) is 0 Å². The molecular weight excluding hydrogens is 176 g/mol. The molecule has 0 amide bonds. The van der Waals surface area contributed by atoms with Gasteiger partial charge < -0.3 is 0 Å². The second-order valence-electron chi connectivity index (χ2n) is 2.39. The SMILES string of the molecule is C(#Cc1ncccn1)c1ncccn1. The molecule has 0 saturated carbocycles. The summed E-state index contributed by atoms with van der Waals surface area (Å²) in [7, 11) is 0. The van der Waals surface area contributed by atoms with Gasteiger partial charge in [-0.15, -0.1) is 0 Å². The maximum Gasteiger partial charge on any atom is 0.205 e. The molecule has 2 heterocycles. The second kappa shape index (κ2) is 4.10. The fourth-order valence-electron chi connectivity index (χ4n) is 0.839. The van der Waals surface area contributed by atoms with E-state index in [0.29, 0.717) is 11.6 Å². The van der Waals surface area contributed by atoms with E-state index in [1.807, 2.05) is 0 Å². The van der Waals surface area contributed by atoms with Crippen LogP contribution in [0.4, 0.5) is 0 Å². The Kier molecular flexibility index (Phi) is 2.44. The van der Waals surface area contributed by atoms with Crippen LogP contribution < -0.4 is 0 Å². The summed E-state index contributed by atoms with van der Waals surface area (Å²) in [5.41, 5.74) is 0. The van der Waals surface area contributed by atoms with E-state index in [1.54, 1.807) is 36.9 Å².